The number of nitrogens with one attached hydrogen (secondary N) is 1. The number of nitrogens with zero attached hydrogens (tertiary/aromatic N) is 1. The van der Waals surface area contributed by atoms with Gasteiger partial charge in [-0.25, -0.2) is 4.79 Å². The first-order valence-corrected chi connectivity index (χ1v) is 7.36. The van der Waals surface area contributed by atoms with Crippen molar-refractivity contribution in [1.29, 1.82) is 0 Å². The van der Waals surface area contributed by atoms with Gasteiger partial charge in [-0.3, -0.25) is 9.59 Å². The lowest BCUT2D eigenvalue weighted by atomic mass is 10.2. The van der Waals surface area contributed by atoms with Gasteiger partial charge < -0.3 is 15.0 Å². The van der Waals surface area contributed by atoms with Crippen LogP contribution >= 0.6 is 0 Å². The van der Waals surface area contributed by atoms with E-state index in [0.717, 1.165) is 5.56 Å². The van der Waals surface area contributed by atoms with Crippen LogP contribution in [-0.4, -0.2) is 42.9 Å². The van der Waals surface area contributed by atoms with Gasteiger partial charge in [0.1, 0.15) is 0 Å². The van der Waals surface area contributed by atoms with Gasteiger partial charge in [-0.1, -0.05) is 30.7 Å². The number of hydrogen-bond acceptors (Lipinski definition) is 4. The van der Waals surface area contributed by atoms with Crippen molar-refractivity contribution < 1.29 is 19.1 Å². The monoisotopic (exact) mass is 318 g/mol. The minimum Gasteiger partial charge on any atom is -0.452 e. The predicted molar refractivity (Wildman–Crippen MR) is 87.8 cm³/mol. The van der Waals surface area contributed by atoms with Crippen molar-refractivity contribution in [2.24, 2.45) is 0 Å². The third kappa shape index (κ3) is 7.26. The van der Waals surface area contributed by atoms with Crippen LogP contribution in [0.4, 0.5) is 5.69 Å². The molecule has 0 bridgehead atoms. The third-order valence-corrected chi connectivity index (χ3v) is 2.97. The van der Waals surface area contributed by atoms with E-state index in [0.29, 0.717) is 12.1 Å². The number of ether oxygens (including phenoxy) is 1. The highest BCUT2D eigenvalue weighted by atomic mass is 16.5. The maximum absolute atomic E-state index is 11.9. The minimum atomic E-state index is -0.572. The smallest absolute Gasteiger partial charge is 0.330 e. The molecular weight excluding hydrogens is 296 g/mol. The summed E-state index contributed by atoms with van der Waals surface area (Å²) in [6, 6.07) is 7.34. The molecular formula is C17H22N2O4. The molecule has 0 aliphatic carbocycles. The van der Waals surface area contributed by atoms with Crippen molar-refractivity contribution in [3.05, 3.63) is 42.0 Å². The van der Waals surface area contributed by atoms with Gasteiger partial charge in [0.2, 0.25) is 5.91 Å². The summed E-state index contributed by atoms with van der Waals surface area (Å²) in [6.07, 6.45) is 3.63. The second kappa shape index (κ2) is 9.40. The lowest BCUT2D eigenvalue weighted by molar-refractivity contribution is -0.148. The summed E-state index contributed by atoms with van der Waals surface area (Å²) in [7, 11) is 1.48. The van der Waals surface area contributed by atoms with Crippen LogP contribution in [0.2, 0.25) is 0 Å². The molecule has 0 atom stereocenters. The summed E-state index contributed by atoms with van der Waals surface area (Å²) in [4.78, 5) is 36.1. The first-order chi connectivity index (χ1) is 10.9. The molecule has 0 spiro atoms. The van der Waals surface area contributed by atoms with E-state index in [4.69, 9.17) is 4.74 Å². The zero-order valence-corrected chi connectivity index (χ0v) is 13.7. The Labute approximate surface area is 136 Å². The summed E-state index contributed by atoms with van der Waals surface area (Å²) in [5, 5.41) is 2.70. The molecule has 1 aromatic carbocycles. The Kier molecular flexibility index (Phi) is 7.53. The number of anilines is 1. The number of amides is 2. The summed E-state index contributed by atoms with van der Waals surface area (Å²) in [6.45, 7) is 3.33. The molecule has 0 fully saturated rings. The van der Waals surface area contributed by atoms with E-state index in [1.54, 1.807) is 18.2 Å². The molecule has 0 saturated carbocycles. The summed E-state index contributed by atoms with van der Waals surface area (Å²) < 4.78 is 4.79. The van der Waals surface area contributed by atoms with Crippen LogP contribution in [0.5, 0.6) is 0 Å². The Hall–Kier alpha value is -2.63. The predicted octanol–water partition coefficient (Wildman–Crippen LogP) is 1.90. The highest BCUT2D eigenvalue weighted by molar-refractivity contribution is 5.95. The van der Waals surface area contributed by atoms with Crippen LogP contribution in [-0.2, 0) is 19.1 Å². The Balaban J connectivity index is 2.39. The lowest BCUT2D eigenvalue weighted by Crippen LogP contribution is -2.37. The number of carbonyl (C=O) groups is 3. The Morgan fingerprint density at radius 3 is 2.48 bits per heavy atom. The molecule has 23 heavy (non-hydrogen) atoms. The number of carbonyl (C=O) groups excluding carboxylic acids is 3. The molecule has 1 N–H and O–H groups in total. The standard InChI is InChI=1S/C17H22N2O4/c1-4-5-6-17(22)23-12-16(21)19(3)11-15(20)18-14-9-7-13(2)8-10-14/h5-10H,4,11-12H2,1-3H3,(H,18,20)/b6-5+. The molecule has 0 aliphatic heterocycles. The van der Waals surface area contributed by atoms with Gasteiger partial charge in [0.05, 0.1) is 6.54 Å². The molecule has 124 valence electrons. The maximum atomic E-state index is 11.9. The fourth-order valence-electron chi connectivity index (χ4n) is 1.65. The zero-order valence-electron chi connectivity index (χ0n) is 13.7. The van der Waals surface area contributed by atoms with Gasteiger partial charge >= 0.3 is 5.97 Å². The molecule has 0 aliphatic rings. The molecule has 1 rings (SSSR count). The van der Waals surface area contributed by atoms with Crippen molar-refractivity contribution in [3.8, 4) is 0 Å². The summed E-state index contributed by atoms with van der Waals surface area (Å²) in [5.74, 6) is -1.33. The SMILES string of the molecule is CC/C=C/C(=O)OCC(=O)N(C)CC(=O)Nc1ccc(C)cc1. The highest BCUT2D eigenvalue weighted by Gasteiger charge is 2.14. The fourth-order valence-corrected chi connectivity index (χ4v) is 1.65. The zero-order chi connectivity index (χ0) is 17.2. The van der Waals surface area contributed by atoms with Crippen LogP contribution in [0.3, 0.4) is 0 Å². The van der Waals surface area contributed by atoms with E-state index in [-0.39, 0.29) is 19.1 Å². The number of likely N-dealkylation sites (N-methyl/N-ethyl adjacent to an activating group) is 1. The molecule has 0 heterocycles. The first-order valence-electron chi connectivity index (χ1n) is 7.36. The quantitative estimate of drug-likeness (QED) is 0.615. The van der Waals surface area contributed by atoms with Crippen molar-refractivity contribution in [1.82, 2.24) is 4.90 Å². The van der Waals surface area contributed by atoms with Gasteiger partial charge in [0.25, 0.3) is 5.91 Å². The molecule has 0 saturated heterocycles. The van der Waals surface area contributed by atoms with Crippen molar-refractivity contribution in [2.75, 3.05) is 25.5 Å². The van der Waals surface area contributed by atoms with E-state index in [1.807, 2.05) is 26.0 Å². The molecule has 6 nitrogen and oxygen atoms in total. The largest absolute Gasteiger partial charge is 0.452 e. The Morgan fingerprint density at radius 1 is 1.22 bits per heavy atom. The number of rotatable bonds is 7. The van der Waals surface area contributed by atoms with Crippen molar-refractivity contribution in [2.45, 2.75) is 20.3 Å². The second-order valence-electron chi connectivity index (χ2n) is 5.08. The van der Waals surface area contributed by atoms with Gasteiger partial charge in [-0.15, -0.1) is 0 Å². The number of esters is 1. The van der Waals surface area contributed by atoms with Crippen LogP contribution in [0.25, 0.3) is 0 Å². The van der Waals surface area contributed by atoms with Gasteiger partial charge in [-0.2, -0.15) is 0 Å². The normalized spacial score (nSPS) is 10.4. The molecule has 0 radical (unpaired) electrons. The number of benzene rings is 1. The molecule has 1 aromatic rings. The van der Waals surface area contributed by atoms with Crippen LogP contribution in [0, 0.1) is 6.92 Å². The van der Waals surface area contributed by atoms with E-state index in [2.05, 4.69) is 5.32 Å². The third-order valence-electron chi connectivity index (χ3n) is 2.97. The summed E-state index contributed by atoms with van der Waals surface area (Å²) >= 11 is 0. The number of hydrogen-bond donors (Lipinski definition) is 1. The number of allylic oxidation sites excluding steroid dienone is 1. The lowest BCUT2D eigenvalue weighted by Gasteiger charge is -2.16. The average Bonchev–Trinajstić information content (AvgIpc) is 2.52. The van der Waals surface area contributed by atoms with E-state index in [9.17, 15) is 14.4 Å². The Morgan fingerprint density at radius 2 is 1.87 bits per heavy atom. The van der Waals surface area contributed by atoms with Gasteiger partial charge in [0, 0.05) is 18.8 Å². The van der Waals surface area contributed by atoms with E-state index < -0.39 is 11.9 Å². The summed E-state index contributed by atoms with van der Waals surface area (Å²) in [5.41, 5.74) is 1.76. The topological polar surface area (TPSA) is 75.7 Å². The molecule has 0 aromatic heterocycles. The number of aryl methyl sites for hydroxylation is 1. The molecule has 2 amide bonds. The second-order valence-corrected chi connectivity index (χ2v) is 5.08. The van der Waals surface area contributed by atoms with Crippen molar-refractivity contribution >= 4 is 23.5 Å². The Bertz CT molecular complexity index is 579. The van der Waals surface area contributed by atoms with E-state index >= 15 is 0 Å². The van der Waals surface area contributed by atoms with E-state index in [1.165, 1.54) is 18.0 Å². The molecule has 6 heteroatoms. The molecule has 0 unspecified atom stereocenters. The minimum absolute atomic E-state index is 0.116. The highest BCUT2D eigenvalue weighted by Crippen LogP contribution is 2.08. The van der Waals surface area contributed by atoms with Crippen LogP contribution in [0.15, 0.2) is 36.4 Å². The van der Waals surface area contributed by atoms with Gasteiger partial charge in [-0.05, 0) is 25.5 Å². The average molecular weight is 318 g/mol. The first kappa shape index (κ1) is 18.4. The van der Waals surface area contributed by atoms with Crippen molar-refractivity contribution in [3.63, 3.8) is 0 Å². The van der Waals surface area contributed by atoms with Gasteiger partial charge in [0.15, 0.2) is 6.61 Å². The fraction of sp³-hybridized carbons (Fsp3) is 0.353. The maximum Gasteiger partial charge on any atom is 0.330 e. The van der Waals surface area contributed by atoms with Crippen LogP contribution < -0.4 is 5.32 Å². The van der Waals surface area contributed by atoms with Crippen LogP contribution in [0.1, 0.15) is 18.9 Å².